The highest BCUT2D eigenvalue weighted by Gasteiger charge is 2.20. The highest BCUT2D eigenvalue weighted by Crippen LogP contribution is 2.25. The Bertz CT molecular complexity index is 1510. The minimum Gasteiger partial charge on any atom is -0.489 e. The van der Waals surface area contributed by atoms with Gasteiger partial charge >= 0.3 is 5.69 Å². The lowest BCUT2D eigenvalue weighted by Gasteiger charge is -2.28. The van der Waals surface area contributed by atoms with E-state index in [1.54, 1.807) is 16.7 Å². The van der Waals surface area contributed by atoms with Gasteiger partial charge in [0.15, 0.2) is 0 Å². The fourth-order valence-electron chi connectivity index (χ4n) is 4.81. The van der Waals surface area contributed by atoms with Crippen molar-refractivity contribution in [2.24, 2.45) is 5.73 Å². The summed E-state index contributed by atoms with van der Waals surface area (Å²) in [6.45, 7) is 11.4. The summed E-state index contributed by atoms with van der Waals surface area (Å²) < 4.78 is 13.5. The van der Waals surface area contributed by atoms with E-state index in [-0.39, 0.29) is 17.8 Å². The molecule has 238 valence electrons. The van der Waals surface area contributed by atoms with Crippen LogP contribution in [0.25, 0.3) is 11.0 Å². The lowest BCUT2D eigenvalue weighted by molar-refractivity contribution is 0.0993. The number of aliphatic hydroxyl groups excluding tert-OH is 1. The summed E-state index contributed by atoms with van der Waals surface area (Å²) in [7, 11) is 0. The number of aromatic amines is 1. The Morgan fingerprint density at radius 3 is 2.50 bits per heavy atom. The van der Waals surface area contributed by atoms with Crippen molar-refractivity contribution < 1.29 is 19.4 Å². The van der Waals surface area contributed by atoms with Gasteiger partial charge in [0, 0.05) is 30.9 Å². The van der Waals surface area contributed by atoms with Gasteiger partial charge < -0.3 is 30.6 Å². The van der Waals surface area contributed by atoms with Crippen LogP contribution in [-0.4, -0.2) is 50.3 Å². The first-order valence-electron chi connectivity index (χ1n) is 15.5. The molecule has 0 bridgehead atoms. The Hall–Kier alpha value is -4.15. The maximum Gasteiger partial charge on any atom is 0.326 e. The number of nitrogens with two attached hydrogens (primary N) is 1. The monoisotopic (exact) mass is 605 g/mol. The third kappa shape index (κ3) is 9.96. The molecule has 1 atom stereocenters. The number of imidazole rings is 1. The topological polar surface area (TPSA) is 144 Å². The molecular weight excluding hydrogens is 558 g/mol. The summed E-state index contributed by atoms with van der Waals surface area (Å²) in [5, 5.41) is 14.1. The number of nitrogens with zero attached hydrogens (tertiary/aromatic N) is 2. The molecule has 4 aromatic rings. The quantitative estimate of drug-likeness (QED) is 0.122. The zero-order valence-corrected chi connectivity index (χ0v) is 26.6. The van der Waals surface area contributed by atoms with E-state index in [9.17, 15) is 14.7 Å². The van der Waals surface area contributed by atoms with Crippen molar-refractivity contribution in [3.05, 3.63) is 82.4 Å². The minimum atomic E-state index is -0.743. The number of carbonyl (C=O) groups excluding carboxylic acids is 1. The highest BCUT2D eigenvalue weighted by molar-refractivity contribution is 5.92. The van der Waals surface area contributed by atoms with Crippen LogP contribution < -0.4 is 26.2 Å². The third-order valence-corrected chi connectivity index (χ3v) is 7.05. The zero-order chi connectivity index (χ0) is 32.1. The van der Waals surface area contributed by atoms with Gasteiger partial charge in [-0.25, -0.2) is 9.78 Å². The van der Waals surface area contributed by atoms with Gasteiger partial charge in [0.1, 0.15) is 29.7 Å². The lowest BCUT2D eigenvalue weighted by atomic mass is 9.94. The molecule has 0 aliphatic carbocycles. The van der Waals surface area contributed by atoms with Gasteiger partial charge in [0.05, 0.1) is 11.1 Å². The third-order valence-electron chi connectivity index (χ3n) is 7.05. The van der Waals surface area contributed by atoms with Crippen LogP contribution in [0.5, 0.6) is 17.4 Å². The van der Waals surface area contributed by atoms with Crippen LogP contribution in [0.1, 0.15) is 76.2 Å². The SMILES string of the molecule is CC.CCCCCCn1c(=O)[nH]c2cccc(OCC(O)CNC(C)(C)Cc3ccc(Oc4ccc(C(N)=O)cn4)cc3)c21. The predicted octanol–water partition coefficient (Wildman–Crippen LogP) is 5.57. The molecule has 2 aromatic heterocycles. The van der Waals surface area contributed by atoms with Crippen molar-refractivity contribution in [1.29, 1.82) is 0 Å². The summed E-state index contributed by atoms with van der Waals surface area (Å²) in [5.74, 6) is 1.04. The molecule has 10 heteroatoms. The Balaban J connectivity index is 0.00000259. The first-order valence-corrected chi connectivity index (χ1v) is 15.5. The second-order valence-corrected chi connectivity index (χ2v) is 11.2. The van der Waals surface area contributed by atoms with E-state index in [1.807, 2.05) is 56.3 Å². The highest BCUT2D eigenvalue weighted by atomic mass is 16.5. The standard InChI is InChI=1S/C32H41N5O5.C2H6/c1-4-5-6-7-17-37-29-26(36-31(37)40)9-8-10-27(29)41-21-24(38)20-35-32(2,3)18-22-11-14-25(15-12-22)42-28-16-13-23(19-34-28)30(33)39;1-2/h8-16,19,24,35,38H,4-7,17-18,20-21H2,1-3H3,(H2,33,39)(H,36,40);1-2H3. The maximum atomic E-state index is 12.6. The van der Waals surface area contributed by atoms with Crippen LogP contribution in [0.15, 0.2) is 65.6 Å². The van der Waals surface area contributed by atoms with E-state index in [1.165, 1.54) is 6.20 Å². The average Bonchev–Trinajstić information content (AvgIpc) is 3.34. The number of hydrogen-bond donors (Lipinski definition) is 4. The van der Waals surface area contributed by atoms with Crippen LogP contribution in [-0.2, 0) is 13.0 Å². The molecule has 5 N–H and O–H groups in total. The summed E-state index contributed by atoms with van der Waals surface area (Å²) in [6.07, 6.45) is 5.64. The number of unbranched alkanes of at least 4 members (excludes halogenated alkanes) is 3. The van der Waals surface area contributed by atoms with Crippen LogP contribution in [0, 0.1) is 0 Å². The van der Waals surface area contributed by atoms with E-state index in [4.69, 9.17) is 15.2 Å². The van der Waals surface area contributed by atoms with Crippen LogP contribution in [0.2, 0.25) is 0 Å². The second kappa shape index (κ2) is 16.6. The Morgan fingerprint density at radius 1 is 1.09 bits per heavy atom. The molecule has 0 aliphatic heterocycles. The van der Waals surface area contributed by atoms with Crippen molar-refractivity contribution in [2.75, 3.05) is 13.2 Å². The van der Waals surface area contributed by atoms with E-state index in [0.717, 1.165) is 48.7 Å². The van der Waals surface area contributed by atoms with Gasteiger partial charge in [-0.2, -0.15) is 0 Å². The fraction of sp³-hybridized carbons (Fsp3) is 0.441. The maximum absolute atomic E-state index is 12.6. The van der Waals surface area contributed by atoms with Crippen molar-refractivity contribution >= 4 is 16.9 Å². The molecule has 1 amide bonds. The van der Waals surface area contributed by atoms with Gasteiger partial charge in [-0.15, -0.1) is 0 Å². The Morgan fingerprint density at radius 2 is 1.84 bits per heavy atom. The van der Waals surface area contributed by atoms with Crippen LogP contribution in [0.4, 0.5) is 0 Å². The molecule has 0 radical (unpaired) electrons. The molecule has 0 fully saturated rings. The Labute approximate surface area is 259 Å². The molecule has 0 saturated heterocycles. The number of H-pyrrole nitrogens is 1. The lowest BCUT2D eigenvalue weighted by Crippen LogP contribution is -2.46. The molecule has 0 spiro atoms. The summed E-state index contributed by atoms with van der Waals surface area (Å²) in [4.78, 5) is 30.8. The number of primary amides is 1. The normalized spacial score (nSPS) is 12.0. The molecule has 0 aliphatic rings. The molecule has 0 saturated carbocycles. The van der Waals surface area contributed by atoms with Crippen LogP contribution in [0.3, 0.4) is 0 Å². The number of ether oxygens (including phenoxy) is 2. The number of aliphatic hydroxyl groups is 1. The molecule has 1 unspecified atom stereocenters. The minimum absolute atomic E-state index is 0.0951. The number of pyridine rings is 1. The number of amides is 1. The molecule has 2 aromatic carbocycles. The van der Waals surface area contributed by atoms with Crippen molar-refractivity contribution in [3.63, 3.8) is 0 Å². The molecule has 2 heterocycles. The average molecular weight is 606 g/mol. The number of hydrogen-bond acceptors (Lipinski definition) is 7. The molecule has 10 nitrogen and oxygen atoms in total. The summed E-state index contributed by atoms with van der Waals surface area (Å²) in [5.41, 5.74) is 7.70. The molecule has 4 rings (SSSR count). The van der Waals surface area contributed by atoms with E-state index >= 15 is 0 Å². The smallest absolute Gasteiger partial charge is 0.326 e. The second-order valence-electron chi connectivity index (χ2n) is 11.2. The molecular formula is C34H47N5O5. The number of benzene rings is 2. The number of para-hydroxylation sites is 1. The van der Waals surface area contributed by atoms with Gasteiger partial charge in [-0.1, -0.05) is 58.2 Å². The number of carbonyl (C=O) groups is 1. The number of fused-ring (bicyclic) bond motifs is 1. The number of β-amino-alcohol motifs (C(OH)–C–C–N with tert-alkyl or cyclic N) is 1. The number of rotatable bonds is 16. The van der Waals surface area contributed by atoms with Gasteiger partial charge in [-0.3, -0.25) is 9.36 Å². The van der Waals surface area contributed by atoms with E-state index < -0.39 is 12.0 Å². The van der Waals surface area contributed by atoms with Gasteiger partial charge in [0.2, 0.25) is 11.8 Å². The van der Waals surface area contributed by atoms with Gasteiger partial charge in [-0.05, 0) is 62.6 Å². The fourth-order valence-corrected chi connectivity index (χ4v) is 4.81. The summed E-state index contributed by atoms with van der Waals surface area (Å²) in [6, 6.07) is 16.4. The van der Waals surface area contributed by atoms with E-state index in [2.05, 4.69) is 36.1 Å². The first-order chi connectivity index (χ1) is 21.1. The van der Waals surface area contributed by atoms with Crippen molar-refractivity contribution in [1.82, 2.24) is 19.9 Å². The largest absolute Gasteiger partial charge is 0.489 e. The predicted molar refractivity (Wildman–Crippen MR) is 175 cm³/mol. The zero-order valence-electron chi connectivity index (χ0n) is 26.6. The summed E-state index contributed by atoms with van der Waals surface area (Å²) >= 11 is 0. The van der Waals surface area contributed by atoms with Crippen molar-refractivity contribution in [3.8, 4) is 17.4 Å². The molecule has 44 heavy (non-hydrogen) atoms. The van der Waals surface area contributed by atoms with E-state index in [0.29, 0.717) is 36.0 Å². The number of nitrogens with one attached hydrogen (secondary N) is 2. The Kier molecular flexibility index (Phi) is 13.0. The number of aryl methyl sites for hydroxylation is 1. The van der Waals surface area contributed by atoms with Crippen molar-refractivity contribution in [2.45, 2.75) is 84.9 Å². The first kappa shape index (κ1) is 34.3. The van der Waals surface area contributed by atoms with Gasteiger partial charge in [0.25, 0.3) is 0 Å². The van der Waals surface area contributed by atoms with Crippen LogP contribution >= 0.6 is 0 Å². The number of aromatic nitrogens is 3.